The van der Waals surface area contributed by atoms with Crippen molar-refractivity contribution in [1.29, 1.82) is 0 Å². The lowest BCUT2D eigenvalue weighted by Crippen LogP contribution is -2.04. The van der Waals surface area contributed by atoms with Crippen LogP contribution in [0.15, 0.2) is 73.3 Å². The van der Waals surface area contributed by atoms with Gasteiger partial charge in [-0.25, -0.2) is 9.97 Å². The van der Waals surface area contributed by atoms with Gasteiger partial charge in [0.05, 0.1) is 26.0 Å². The highest BCUT2D eigenvalue weighted by Crippen LogP contribution is 2.35. The van der Waals surface area contributed by atoms with Crippen LogP contribution in [0.3, 0.4) is 0 Å². The average molecular weight is 373 g/mol. The number of pyridine rings is 2. The number of methoxy groups -OCH3 is 1. The fourth-order valence-electron chi connectivity index (χ4n) is 2.86. The highest BCUT2D eigenvalue weighted by Gasteiger charge is 2.13. The van der Waals surface area contributed by atoms with Crippen molar-refractivity contribution in [1.82, 2.24) is 25.0 Å². The van der Waals surface area contributed by atoms with Crippen molar-refractivity contribution in [2.75, 3.05) is 7.11 Å². The zero-order valence-corrected chi connectivity index (χ0v) is 15.4. The average Bonchev–Trinajstić information content (AvgIpc) is 3.27. The standard InChI is InChI=1S/C21H19N5O2/c1-27-20-18(4-2-11-22-20)19-5-3-12-23-21(19)28-17-8-6-16(7-9-17)10-15-26-24-13-14-25-26/h2-9,11-14H,10,15H2,1H3. The third kappa shape index (κ3) is 3.98. The molecule has 0 aliphatic rings. The maximum Gasteiger partial charge on any atom is 0.227 e. The van der Waals surface area contributed by atoms with Crippen molar-refractivity contribution in [2.45, 2.75) is 13.0 Å². The molecule has 0 saturated heterocycles. The largest absolute Gasteiger partial charge is 0.481 e. The van der Waals surface area contributed by atoms with Crippen molar-refractivity contribution < 1.29 is 9.47 Å². The predicted molar refractivity (Wildman–Crippen MR) is 104 cm³/mol. The Morgan fingerprint density at radius 2 is 1.43 bits per heavy atom. The molecule has 28 heavy (non-hydrogen) atoms. The maximum atomic E-state index is 6.04. The summed E-state index contributed by atoms with van der Waals surface area (Å²) in [7, 11) is 1.60. The van der Waals surface area contributed by atoms with Gasteiger partial charge in [-0.2, -0.15) is 15.0 Å². The first-order valence-electron chi connectivity index (χ1n) is 8.89. The van der Waals surface area contributed by atoms with E-state index in [2.05, 4.69) is 20.2 Å². The van der Waals surface area contributed by atoms with Gasteiger partial charge in [-0.1, -0.05) is 12.1 Å². The van der Waals surface area contributed by atoms with Crippen LogP contribution in [0.2, 0.25) is 0 Å². The minimum absolute atomic E-state index is 0.502. The molecule has 140 valence electrons. The van der Waals surface area contributed by atoms with Gasteiger partial charge in [-0.15, -0.1) is 0 Å². The van der Waals surface area contributed by atoms with E-state index in [1.54, 1.807) is 36.7 Å². The third-order valence-electron chi connectivity index (χ3n) is 4.23. The zero-order valence-electron chi connectivity index (χ0n) is 15.4. The fraction of sp³-hybridized carbons (Fsp3) is 0.143. The summed E-state index contributed by atoms with van der Waals surface area (Å²) in [5.74, 6) is 1.74. The Hall–Kier alpha value is -3.74. The number of aryl methyl sites for hydroxylation is 2. The quantitative estimate of drug-likeness (QED) is 0.491. The third-order valence-corrected chi connectivity index (χ3v) is 4.23. The number of nitrogens with zero attached hydrogens (tertiary/aromatic N) is 5. The predicted octanol–water partition coefficient (Wildman–Crippen LogP) is 3.78. The Kier molecular flexibility index (Phi) is 5.24. The summed E-state index contributed by atoms with van der Waals surface area (Å²) < 4.78 is 11.4. The number of benzene rings is 1. The van der Waals surface area contributed by atoms with E-state index in [1.807, 2.05) is 48.5 Å². The number of ether oxygens (including phenoxy) is 2. The molecule has 0 spiro atoms. The van der Waals surface area contributed by atoms with Gasteiger partial charge in [0.1, 0.15) is 5.75 Å². The summed E-state index contributed by atoms with van der Waals surface area (Å²) >= 11 is 0. The second-order valence-corrected chi connectivity index (χ2v) is 6.04. The first-order valence-corrected chi connectivity index (χ1v) is 8.89. The molecule has 0 radical (unpaired) electrons. The summed E-state index contributed by atoms with van der Waals surface area (Å²) in [5.41, 5.74) is 2.83. The molecule has 4 aromatic rings. The molecule has 3 aromatic heterocycles. The van der Waals surface area contributed by atoms with Crippen LogP contribution in [0.5, 0.6) is 17.5 Å². The Morgan fingerprint density at radius 3 is 2.11 bits per heavy atom. The van der Waals surface area contributed by atoms with Gasteiger partial charge >= 0.3 is 0 Å². The smallest absolute Gasteiger partial charge is 0.227 e. The van der Waals surface area contributed by atoms with Crippen LogP contribution < -0.4 is 9.47 Å². The van der Waals surface area contributed by atoms with E-state index in [0.29, 0.717) is 17.5 Å². The molecule has 0 unspecified atom stereocenters. The van der Waals surface area contributed by atoms with E-state index >= 15 is 0 Å². The monoisotopic (exact) mass is 373 g/mol. The summed E-state index contributed by atoms with van der Waals surface area (Å²) in [6.07, 6.45) is 7.60. The molecule has 4 rings (SSSR count). The summed E-state index contributed by atoms with van der Waals surface area (Å²) in [5, 5.41) is 8.23. The second kappa shape index (κ2) is 8.30. The molecule has 7 nitrogen and oxygen atoms in total. The second-order valence-electron chi connectivity index (χ2n) is 6.04. The lowest BCUT2D eigenvalue weighted by Gasteiger charge is -2.12. The molecule has 0 bridgehead atoms. The first-order chi connectivity index (χ1) is 13.8. The summed E-state index contributed by atoms with van der Waals surface area (Å²) in [4.78, 5) is 10.3. The van der Waals surface area contributed by atoms with Gasteiger partial charge in [0, 0.05) is 23.5 Å². The molecule has 7 heteroatoms. The summed E-state index contributed by atoms with van der Waals surface area (Å²) in [6.45, 7) is 0.735. The molecule has 0 aliphatic heterocycles. The van der Waals surface area contributed by atoms with Gasteiger partial charge in [0.2, 0.25) is 11.8 Å². The van der Waals surface area contributed by atoms with Gasteiger partial charge in [-0.3, -0.25) is 0 Å². The SMILES string of the molecule is COc1ncccc1-c1cccnc1Oc1ccc(CCn2nccn2)cc1. The Labute approximate surface area is 162 Å². The normalized spacial score (nSPS) is 10.6. The fourth-order valence-corrected chi connectivity index (χ4v) is 2.86. The molecule has 0 amide bonds. The van der Waals surface area contributed by atoms with Gasteiger partial charge in [0.25, 0.3) is 0 Å². The van der Waals surface area contributed by atoms with Gasteiger partial charge < -0.3 is 9.47 Å². The number of rotatable bonds is 7. The number of hydrogen-bond donors (Lipinski definition) is 0. The minimum atomic E-state index is 0.502. The van der Waals surface area contributed by atoms with E-state index in [-0.39, 0.29) is 0 Å². The van der Waals surface area contributed by atoms with Crippen molar-refractivity contribution >= 4 is 0 Å². The van der Waals surface area contributed by atoms with Crippen LogP contribution in [-0.2, 0) is 13.0 Å². The molecule has 1 aromatic carbocycles. The van der Waals surface area contributed by atoms with Crippen molar-refractivity contribution in [3.05, 3.63) is 78.9 Å². The molecule has 0 fully saturated rings. The first kappa shape index (κ1) is 17.7. The van der Waals surface area contributed by atoms with Crippen molar-refractivity contribution in [3.63, 3.8) is 0 Å². The molecule has 0 aliphatic carbocycles. The molecule has 3 heterocycles. The number of aromatic nitrogens is 5. The van der Waals surface area contributed by atoms with Crippen LogP contribution in [0, 0.1) is 0 Å². The van der Waals surface area contributed by atoms with Gasteiger partial charge in [-0.05, 0) is 48.4 Å². The van der Waals surface area contributed by atoms with E-state index in [0.717, 1.165) is 24.1 Å². The molecule has 0 atom stereocenters. The topological polar surface area (TPSA) is 75.0 Å². The van der Waals surface area contributed by atoms with Crippen molar-refractivity contribution in [2.24, 2.45) is 0 Å². The summed E-state index contributed by atoms with van der Waals surface area (Å²) in [6, 6.07) is 15.5. The molecular formula is C21H19N5O2. The van der Waals surface area contributed by atoms with E-state index in [9.17, 15) is 0 Å². The number of hydrogen-bond acceptors (Lipinski definition) is 6. The van der Waals surface area contributed by atoms with Crippen LogP contribution >= 0.6 is 0 Å². The molecule has 0 N–H and O–H groups in total. The maximum absolute atomic E-state index is 6.04. The highest BCUT2D eigenvalue weighted by molar-refractivity contribution is 5.73. The van der Waals surface area contributed by atoms with Crippen LogP contribution in [0.25, 0.3) is 11.1 Å². The van der Waals surface area contributed by atoms with Crippen molar-refractivity contribution in [3.8, 4) is 28.6 Å². The molecule has 0 saturated carbocycles. The van der Waals surface area contributed by atoms with E-state index < -0.39 is 0 Å². The Bertz CT molecular complexity index is 1030. The molecular weight excluding hydrogens is 354 g/mol. The van der Waals surface area contributed by atoms with Crippen LogP contribution in [0.1, 0.15) is 5.56 Å². The van der Waals surface area contributed by atoms with E-state index in [4.69, 9.17) is 9.47 Å². The lowest BCUT2D eigenvalue weighted by molar-refractivity contribution is 0.399. The minimum Gasteiger partial charge on any atom is -0.481 e. The lowest BCUT2D eigenvalue weighted by atomic mass is 10.1. The van der Waals surface area contributed by atoms with E-state index in [1.165, 1.54) is 5.56 Å². The Morgan fingerprint density at radius 1 is 0.786 bits per heavy atom. The zero-order chi connectivity index (χ0) is 19.2. The Balaban J connectivity index is 1.52. The highest BCUT2D eigenvalue weighted by atomic mass is 16.5. The van der Waals surface area contributed by atoms with Crippen LogP contribution in [0.4, 0.5) is 0 Å². The van der Waals surface area contributed by atoms with Crippen LogP contribution in [-0.4, -0.2) is 32.1 Å². The van der Waals surface area contributed by atoms with Gasteiger partial charge in [0.15, 0.2) is 0 Å².